The van der Waals surface area contributed by atoms with Crippen LogP contribution in [-0.2, 0) is 9.59 Å². The molecular weight excluding hydrogens is 280 g/mol. The first kappa shape index (κ1) is 14.4. The Bertz CT molecular complexity index is 652. The molecule has 0 radical (unpaired) electrons. The lowest BCUT2D eigenvalue weighted by Gasteiger charge is -2.22. The number of amides is 2. The molecule has 2 N–H and O–H groups in total. The van der Waals surface area contributed by atoms with E-state index in [1.54, 1.807) is 11.2 Å². The zero-order chi connectivity index (χ0) is 15.5. The summed E-state index contributed by atoms with van der Waals surface area (Å²) in [6, 6.07) is 13.1. The number of furan rings is 1. The Balaban J connectivity index is 1.74. The fourth-order valence-electron chi connectivity index (χ4n) is 2.68. The Labute approximate surface area is 128 Å². The van der Waals surface area contributed by atoms with Crippen LogP contribution in [0.3, 0.4) is 0 Å². The van der Waals surface area contributed by atoms with Crippen molar-refractivity contribution in [3.63, 3.8) is 0 Å². The minimum Gasteiger partial charge on any atom is -0.469 e. The molecule has 3 rings (SSSR count). The molecule has 5 nitrogen and oxygen atoms in total. The van der Waals surface area contributed by atoms with E-state index in [1.165, 1.54) is 0 Å². The maximum Gasteiger partial charge on any atom is 0.230 e. The molecule has 1 aromatic carbocycles. The van der Waals surface area contributed by atoms with Gasteiger partial charge in [-0.15, -0.1) is 0 Å². The van der Waals surface area contributed by atoms with Gasteiger partial charge in [-0.3, -0.25) is 9.59 Å². The van der Waals surface area contributed by atoms with Crippen LogP contribution in [0, 0.1) is 5.92 Å². The van der Waals surface area contributed by atoms with Crippen molar-refractivity contribution in [1.82, 2.24) is 0 Å². The molecule has 0 saturated heterocycles. The molecule has 1 aliphatic rings. The minimum absolute atomic E-state index is 0.0221. The Hall–Kier alpha value is -2.56. The molecule has 22 heavy (non-hydrogen) atoms. The number of anilines is 1. The number of primary amides is 1. The van der Waals surface area contributed by atoms with Crippen LogP contribution in [0.2, 0.25) is 0 Å². The van der Waals surface area contributed by atoms with Crippen LogP contribution in [-0.4, -0.2) is 18.4 Å². The van der Waals surface area contributed by atoms with Gasteiger partial charge in [0.1, 0.15) is 5.76 Å². The lowest BCUT2D eigenvalue weighted by atomic mass is 10.2. The fraction of sp³-hybridized carbons (Fsp3) is 0.294. The normalized spacial score (nSPS) is 19.6. The van der Waals surface area contributed by atoms with Gasteiger partial charge in [-0.1, -0.05) is 18.2 Å². The quantitative estimate of drug-likeness (QED) is 0.889. The summed E-state index contributed by atoms with van der Waals surface area (Å²) in [5, 5.41) is 0. The van der Waals surface area contributed by atoms with E-state index in [1.807, 2.05) is 42.5 Å². The standard InChI is InChI=1S/C17H18N2O3/c18-16(20)8-9-19(12-5-2-1-3-6-12)17(21)14-11-13(14)15-7-4-10-22-15/h1-7,10,13-14H,8-9,11H2,(H2,18,20)/t13-,14+/m1/s1. The van der Waals surface area contributed by atoms with Crippen LogP contribution < -0.4 is 10.6 Å². The molecule has 1 aromatic heterocycles. The highest BCUT2D eigenvalue weighted by atomic mass is 16.3. The highest BCUT2D eigenvalue weighted by Gasteiger charge is 2.47. The second kappa shape index (κ2) is 6.05. The fourth-order valence-corrected chi connectivity index (χ4v) is 2.68. The number of carbonyl (C=O) groups excluding carboxylic acids is 2. The summed E-state index contributed by atoms with van der Waals surface area (Å²) < 4.78 is 5.38. The number of nitrogens with two attached hydrogens (primary N) is 1. The summed E-state index contributed by atoms with van der Waals surface area (Å²) in [4.78, 5) is 25.5. The number of rotatable bonds is 6. The Morgan fingerprint density at radius 3 is 2.59 bits per heavy atom. The molecule has 1 saturated carbocycles. The molecule has 0 bridgehead atoms. The van der Waals surface area contributed by atoms with Gasteiger partial charge >= 0.3 is 0 Å². The predicted octanol–water partition coefficient (Wildman–Crippen LogP) is 2.29. The lowest BCUT2D eigenvalue weighted by molar-refractivity contribution is -0.120. The molecule has 2 atom stereocenters. The van der Waals surface area contributed by atoms with Crippen LogP contribution in [0.25, 0.3) is 0 Å². The lowest BCUT2D eigenvalue weighted by Crippen LogP contribution is -2.35. The van der Waals surface area contributed by atoms with E-state index in [9.17, 15) is 9.59 Å². The smallest absolute Gasteiger partial charge is 0.230 e. The molecule has 1 heterocycles. The van der Waals surface area contributed by atoms with Crippen molar-refractivity contribution in [2.45, 2.75) is 18.8 Å². The molecular formula is C17H18N2O3. The number of hydrogen-bond donors (Lipinski definition) is 1. The van der Waals surface area contributed by atoms with Gasteiger partial charge in [0.2, 0.25) is 11.8 Å². The molecule has 0 aliphatic heterocycles. The molecule has 2 aromatic rings. The Morgan fingerprint density at radius 1 is 1.18 bits per heavy atom. The van der Waals surface area contributed by atoms with Crippen LogP contribution in [0.1, 0.15) is 24.5 Å². The number of benzene rings is 1. The van der Waals surface area contributed by atoms with Crippen molar-refractivity contribution in [3.8, 4) is 0 Å². The molecule has 5 heteroatoms. The van der Waals surface area contributed by atoms with E-state index in [4.69, 9.17) is 10.2 Å². The van der Waals surface area contributed by atoms with Gasteiger partial charge in [-0.05, 0) is 30.7 Å². The monoisotopic (exact) mass is 298 g/mol. The van der Waals surface area contributed by atoms with E-state index >= 15 is 0 Å². The topological polar surface area (TPSA) is 76.5 Å². The summed E-state index contributed by atoms with van der Waals surface area (Å²) in [5.74, 6) is 0.517. The summed E-state index contributed by atoms with van der Waals surface area (Å²) in [6.07, 6.45) is 2.56. The first-order valence-corrected chi connectivity index (χ1v) is 7.35. The van der Waals surface area contributed by atoms with Crippen molar-refractivity contribution in [3.05, 3.63) is 54.5 Å². The van der Waals surface area contributed by atoms with Gasteiger partial charge in [0.15, 0.2) is 0 Å². The predicted molar refractivity (Wildman–Crippen MR) is 82.2 cm³/mol. The second-order valence-electron chi connectivity index (χ2n) is 5.51. The van der Waals surface area contributed by atoms with Crippen LogP contribution in [0.4, 0.5) is 5.69 Å². The van der Waals surface area contributed by atoms with Crippen LogP contribution >= 0.6 is 0 Å². The van der Waals surface area contributed by atoms with E-state index in [0.717, 1.165) is 17.9 Å². The summed E-state index contributed by atoms with van der Waals surface area (Å²) in [6.45, 7) is 0.305. The van der Waals surface area contributed by atoms with E-state index < -0.39 is 5.91 Å². The van der Waals surface area contributed by atoms with Crippen molar-refractivity contribution in [1.29, 1.82) is 0 Å². The second-order valence-corrected chi connectivity index (χ2v) is 5.51. The number of carbonyl (C=O) groups is 2. The van der Waals surface area contributed by atoms with Gasteiger partial charge in [-0.25, -0.2) is 0 Å². The van der Waals surface area contributed by atoms with Crippen molar-refractivity contribution in [2.24, 2.45) is 11.7 Å². The number of hydrogen-bond acceptors (Lipinski definition) is 3. The third-order valence-electron chi connectivity index (χ3n) is 3.93. The van der Waals surface area contributed by atoms with Crippen LogP contribution in [0.5, 0.6) is 0 Å². The van der Waals surface area contributed by atoms with Gasteiger partial charge < -0.3 is 15.1 Å². The zero-order valence-electron chi connectivity index (χ0n) is 12.1. The van der Waals surface area contributed by atoms with Gasteiger partial charge in [0.05, 0.1) is 6.26 Å². The molecule has 1 aliphatic carbocycles. The summed E-state index contributed by atoms with van der Waals surface area (Å²) in [7, 11) is 0. The van der Waals surface area contributed by atoms with Crippen molar-refractivity contribution < 1.29 is 14.0 Å². The maximum atomic E-state index is 12.8. The molecule has 0 unspecified atom stereocenters. The SMILES string of the molecule is NC(=O)CCN(C(=O)[C@H]1C[C@H]1c1ccco1)c1ccccc1. The van der Waals surface area contributed by atoms with Crippen molar-refractivity contribution >= 4 is 17.5 Å². The van der Waals surface area contributed by atoms with Gasteiger partial charge in [0.25, 0.3) is 0 Å². The van der Waals surface area contributed by atoms with E-state index in [0.29, 0.717) is 6.54 Å². The average molecular weight is 298 g/mol. The molecule has 1 fully saturated rings. The largest absolute Gasteiger partial charge is 0.469 e. The highest BCUT2D eigenvalue weighted by Crippen LogP contribution is 2.49. The van der Waals surface area contributed by atoms with Gasteiger partial charge in [-0.2, -0.15) is 0 Å². The Morgan fingerprint density at radius 2 is 1.95 bits per heavy atom. The molecule has 114 valence electrons. The third kappa shape index (κ3) is 3.03. The Kier molecular flexibility index (Phi) is 3.96. The van der Waals surface area contributed by atoms with Crippen LogP contribution in [0.15, 0.2) is 53.1 Å². The summed E-state index contributed by atoms with van der Waals surface area (Å²) >= 11 is 0. The summed E-state index contributed by atoms with van der Waals surface area (Å²) in [5.41, 5.74) is 6.01. The average Bonchev–Trinajstić information content (AvgIpc) is 3.13. The zero-order valence-corrected chi connectivity index (χ0v) is 12.1. The first-order chi connectivity index (χ1) is 10.7. The highest BCUT2D eigenvalue weighted by molar-refractivity contribution is 5.97. The number of para-hydroxylation sites is 1. The van der Waals surface area contributed by atoms with Gasteiger partial charge in [0, 0.05) is 30.5 Å². The molecule has 0 spiro atoms. The van der Waals surface area contributed by atoms with Crippen molar-refractivity contribution in [2.75, 3.05) is 11.4 Å². The molecule has 2 amide bonds. The first-order valence-electron chi connectivity index (χ1n) is 7.35. The third-order valence-corrected chi connectivity index (χ3v) is 3.93. The van der Waals surface area contributed by atoms with E-state index in [-0.39, 0.29) is 24.2 Å². The number of nitrogens with zero attached hydrogens (tertiary/aromatic N) is 1. The minimum atomic E-state index is -0.410. The van der Waals surface area contributed by atoms with E-state index in [2.05, 4.69) is 0 Å². The maximum absolute atomic E-state index is 12.8.